The number of benzene rings is 1. The van der Waals surface area contributed by atoms with E-state index < -0.39 is 5.97 Å². The molecule has 6 heteroatoms. The minimum Gasteiger partial charge on any atom is -0.506 e. The Balaban J connectivity index is 2.35. The number of carboxylic acids is 1. The van der Waals surface area contributed by atoms with Crippen LogP contribution >= 0.6 is 0 Å². The number of hydrogen-bond acceptors (Lipinski definition) is 5. The highest BCUT2D eigenvalue weighted by Crippen LogP contribution is 2.26. The topological polar surface area (TPSA) is 108 Å². The molecule has 0 saturated heterocycles. The highest BCUT2D eigenvalue weighted by Gasteiger charge is 2.08. The van der Waals surface area contributed by atoms with Crippen LogP contribution in [0.2, 0.25) is 0 Å². The lowest BCUT2D eigenvalue weighted by molar-refractivity contribution is 0.0690. The largest absolute Gasteiger partial charge is 0.506 e. The van der Waals surface area contributed by atoms with Gasteiger partial charge in [0.15, 0.2) is 5.69 Å². The molecule has 1 aromatic heterocycles. The van der Waals surface area contributed by atoms with Gasteiger partial charge in [0.25, 0.3) is 0 Å². The molecule has 2 aromatic rings. The van der Waals surface area contributed by atoms with Crippen molar-refractivity contribution in [3.8, 4) is 5.75 Å². The van der Waals surface area contributed by atoms with Crippen LogP contribution < -0.4 is 11.1 Å². The number of nitrogens with two attached hydrogens (primary N) is 1. The van der Waals surface area contributed by atoms with E-state index in [-0.39, 0.29) is 17.3 Å². The summed E-state index contributed by atoms with van der Waals surface area (Å²) >= 11 is 0. The molecule has 1 heterocycles. The summed E-state index contributed by atoms with van der Waals surface area (Å²) in [5, 5.41) is 21.3. The molecule has 0 fully saturated rings. The minimum absolute atomic E-state index is 0.0600. The van der Waals surface area contributed by atoms with Gasteiger partial charge in [-0.1, -0.05) is 12.1 Å². The quantitative estimate of drug-likeness (QED) is 0.614. The molecule has 0 radical (unpaired) electrons. The summed E-state index contributed by atoms with van der Waals surface area (Å²) in [5.41, 5.74) is 6.26. The Morgan fingerprint density at radius 1 is 1.28 bits per heavy atom. The summed E-state index contributed by atoms with van der Waals surface area (Å²) in [7, 11) is 0. The van der Waals surface area contributed by atoms with E-state index in [1.54, 1.807) is 18.2 Å². The number of phenols is 1. The van der Waals surface area contributed by atoms with E-state index in [1.165, 1.54) is 18.2 Å². The van der Waals surface area contributed by atoms with Crippen LogP contribution in [-0.4, -0.2) is 21.2 Å². The van der Waals surface area contributed by atoms with E-state index in [9.17, 15) is 9.90 Å². The molecule has 0 saturated carbocycles. The molecule has 92 valence electrons. The van der Waals surface area contributed by atoms with Crippen molar-refractivity contribution in [1.29, 1.82) is 0 Å². The summed E-state index contributed by atoms with van der Waals surface area (Å²) < 4.78 is 0. The van der Waals surface area contributed by atoms with Gasteiger partial charge in [-0.05, 0) is 18.2 Å². The second kappa shape index (κ2) is 4.62. The average molecular weight is 245 g/mol. The third-order valence-corrected chi connectivity index (χ3v) is 2.25. The molecule has 0 aliphatic carbocycles. The zero-order chi connectivity index (χ0) is 13.1. The van der Waals surface area contributed by atoms with Crippen molar-refractivity contribution in [3.63, 3.8) is 0 Å². The maximum Gasteiger partial charge on any atom is 0.354 e. The van der Waals surface area contributed by atoms with E-state index in [2.05, 4.69) is 10.3 Å². The van der Waals surface area contributed by atoms with Crippen molar-refractivity contribution in [2.45, 2.75) is 0 Å². The summed E-state index contributed by atoms with van der Waals surface area (Å²) in [6.45, 7) is 0. The van der Waals surface area contributed by atoms with E-state index in [1.807, 2.05) is 0 Å². The van der Waals surface area contributed by atoms with Gasteiger partial charge >= 0.3 is 5.97 Å². The van der Waals surface area contributed by atoms with Gasteiger partial charge in [-0.3, -0.25) is 0 Å². The Labute approximate surface area is 103 Å². The number of anilines is 3. The van der Waals surface area contributed by atoms with Crippen LogP contribution in [0.3, 0.4) is 0 Å². The van der Waals surface area contributed by atoms with Crippen molar-refractivity contribution < 1.29 is 15.0 Å². The molecular formula is C12H11N3O3. The highest BCUT2D eigenvalue weighted by molar-refractivity contribution is 5.87. The van der Waals surface area contributed by atoms with Gasteiger partial charge in [0.1, 0.15) is 11.6 Å². The summed E-state index contributed by atoms with van der Waals surface area (Å²) in [6, 6.07) is 9.43. The van der Waals surface area contributed by atoms with Crippen molar-refractivity contribution in [1.82, 2.24) is 4.98 Å². The first-order chi connectivity index (χ1) is 8.56. The third-order valence-electron chi connectivity index (χ3n) is 2.25. The number of aromatic hydroxyl groups is 1. The second-order valence-corrected chi connectivity index (χ2v) is 3.61. The fourth-order valence-electron chi connectivity index (χ4n) is 1.47. The summed E-state index contributed by atoms with van der Waals surface area (Å²) in [6.07, 6.45) is 0. The van der Waals surface area contributed by atoms with Crippen molar-refractivity contribution in [2.75, 3.05) is 11.1 Å². The number of carbonyl (C=O) groups is 1. The van der Waals surface area contributed by atoms with Crippen LogP contribution in [-0.2, 0) is 0 Å². The lowest BCUT2D eigenvalue weighted by Gasteiger charge is -2.09. The molecular weight excluding hydrogens is 234 g/mol. The maximum absolute atomic E-state index is 10.8. The maximum atomic E-state index is 10.8. The van der Waals surface area contributed by atoms with Crippen molar-refractivity contribution in [3.05, 3.63) is 42.1 Å². The molecule has 0 unspecified atom stereocenters. The summed E-state index contributed by atoms with van der Waals surface area (Å²) in [5.74, 6) is -1.01. The molecule has 18 heavy (non-hydrogen) atoms. The number of hydrogen-bond donors (Lipinski definition) is 4. The number of nitrogens with one attached hydrogen (secondary N) is 1. The predicted molar refractivity (Wildman–Crippen MR) is 67.0 cm³/mol. The SMILES string of the molecule is Nc1cc(Nc2ccccc2O)cc(C(=O)O)n1. The number of nitrogens with zero attached hydrogens (tertiary/aromatic N) is 1. The Bertz CT molecular complexity index is 599. The molecule has 0 aliphatic heterocycles. The van der Waals surface area contributed by atoms with Crippen LogP contribution in [0.4, 0.5) is 17.2 Å². The van der Waals surface area contributed by atoms with E-state index in [0.717, 1.165) is 0 Å². The molecule has 0 atom stereocenters. The fourth-order valence-corrected chi connectivity index (χ4v) is 1.47. The first-order valence-corrected chi connectivity index (χ1v) is 5.12. The molecule has 0 amide bonds. The van der Waals surface area contributed by atoms with Crippen LogP contribution in [0.5, 0.6) is 5.75 Å². The first-order valence-electron chi connectivity index (χ1n) is 5.12. The molecule has 6 nitrogen and oxygen atoms in total. The monoisotopic (exact) mass is 245 g/mol. The highest BCUT2D eigenvalue weighted by atomic mass is 16.4. The standard InChI is InChI=1S/C12H11N3O3/c13-11-6-7(5-9(15-11)12(17)18)14-8-3-1-2-4-10(8)16/h1-6,16H,(H,17,18)(H3,13,14,15). The molecule has 0 aliphatic rings. The van der Waals surface area contributed by atoms with Gasteiger partial charge in [0, 0.05) is 11.8 Å². The number of para-hydroxylation sites is 2. The zero-order valence-electron chi connectivity index (χ0n) is 9.29. The molecule has 1 aromatic carbocycles. The Hall–Kier alpha value is -2.76. The van der Waals surface area contributed by atoms with Gasteiger partial charge in [0.2, 0.25) is 0 Å². The lowest BCUT2D eigenvalue weighted by atomic mass is 10.2. The number of nitrogen functional groups attached to an aromatic ring is 1. The number of carboxylic acid groups (broad SMARTS) is 1. The van der Waals surface area contributed by atoms with Gasteiger partial charge in [-0.25, -0.2) is 9.78 Å². The van der Waals surface area contributed by atoms with Crippen LogP contribution in [0.1, 0.15) is 10.5 Å². The Morgan fingerprint density at radius 2 is 2.00 bits per heavy atom. The normalized spacial score (nSPS) is 10.0. The number of phenolic OH excluding ortho intramolecular Hbond substituents is 1. The number of rotatable bonds is 3. The Morgan fingerprint density at radius 3 is 2.67 bits per heavy atom. The van der Waals surface area contributed by atoms with E-state index >= 15 is 0 Å². The molecule has 2 rings (SSSR count). The number of pyridine rings is 1. The Kier molecular flexibility index (Phi) is 3.01. The van der Waals surface area contributed by atoms with E-state index in [0.29, 0.717) is 11.4 Å². The average Bonchev–Trinajstić information content (AvgIpc) is 2.31. The third kappa shape index (κ3) is 2.49. The smallest absolute Gasteiger partial charge is 0.354 e. The van der Waals surface area contributed by atoms with Gasteiger partial charge in [-0.15, -0.1) is 0 Å². The van der Waals surface area contributed by atoms with Crippen molar-refractivity contribution >= 4 is 23.2 Å². The first kappa shape index (κ1) is 11.7. The second-order valence-electron chi connectivity index (χ2n) is 3.61. The van der Waals surface area contributed by atoms with Crippen LogP contribution in [0, 0.1) is 0 Å². The summed E-state index contributed by atoms with van der Waals surface area (Å²) in [4.78, 5) is 14.5. The van der Waals surface area contributed by atoms with Crippen LogP contribution in [0.25, 0.3) is 0 Å². The lowest BCUT2D eigenvalue weighted by Crippen LogP contribution is -2.04. The molecule has 5 N–H and O–H groups in total. The minimum atomic E-state index is -1.16. The predicted octanol–water partition coefficient (Wildman–Crippen LogP) is 1.81. The van der Waals surface area contributed by atoms with Gasteiger partial charge in [-0.2, -0.15) is 0 Å². The fraction of sp³-hybridized carbons (Fsp3) is 0. The van der Waals surface area contributed by atoms with Crippen molar-refractivity contribution in [2.24, 2.45) is 0 Å². The number of aromatic carboxylic acids is 1. The number of aromatic nitrogens is 1. The molecule has 0 bridgehead atoms. The molecule has 0 spiro atoms. The van der Waals surface area contributed by atoms with Gasteiger partial charge in [0.05, 0.1) is 5.69 Å². The van der Waals surface area contributed by atoms with Crippen LogP contribution in [0.15, 0.2) is 36.4 Å². The zero-order valence-corrected chi connectivity index (χ0v) is 9.29. The van der Waals surface area contributed by atoms with E-state index in [4.69, 9.17) is 10.8 Å². The van der Waals surface area contributed by atoms with Gasteiger partial charge < -0.3 is 21.3 Å².